The van der Waals surface area contributed by atoms with E-state index in [4.69, 9.17) is 4.74 Å². The van der Waals surface area contributed by atoms with Crippen LogP contribution in [0.2, 0.25) is 0 Å². The van der Waals surface area contributed by atoms with E-state index < -0.39 is 11.2 Å². The smallest absolute Gasteiger partial charge is 0.407 e. The predicted octanol–water partition coefficient (Wildman–Crippen LogP) is 1.60. The summed E-state index contributed by atoms with van der Waals surface area (Å²) in [6.07, 6.45) is 0.694. The second kappa shape index (κ2) is 6.09. The van der Waals surface area contributed by atoms with Crippen molar-refractivity contribution < 1.29 is 14.6 Å². The first-order valence-electron chi connectivity index (χ1n) is 6.97. The first kappa shape index (κ1) is 16.2. The number of ether oxygens (including phenoxy) is 1. The molecule has 0 saturated carbocycles. The number of amides is 1. The molecule has 1 aliphatic heterocycles. The van der Waals surface area contributed by atoms with Gasteiger partial charge in [0.2, 0.25) is 0 Å². The Bertz CT molecular complexity index is 305. The normalized spacial score (nSPS) is 21.5. The Morgan fingerprint density at radius 2 is 2.00 bits per heavy atom. The molecule has 0 unspecified atom stereocenters. The number of β-amino-alcohol motifs (C(OH)–C–C–N with tert-alkyl or cyclic N) is 1. The summed E-state index contributed by atoms with van der Waals surface area (Å²) in [4.78, 5) is 13.8. The monoisotopic (exact) mass is 272 g/mol. The van der Waals surface area contributed by atoms with E-state index in [9.17, 15) is 9.90 Å². The fourth-order valence-electron chi connectivity index (χ4n) is 2.31. The summed E-state index contributed by atoms with van der Waals surface area (Å²) in [7, 11) is 0. The summed E-state index contributed by atoms with van der Waals surface area (Å²) < 4.78 is 5.20. The minimum absolute atomic E-state index is 0.353. The van der Waals surface area contributed by atoms with Gasteiger partial charge in [0.15, 0.2) is 0 Å². The van der Waals surface area contributed by atoms with Crippen LogP contribution in [0.15, 0.2) is 0 Å². The molecule has 1 aliphatic rings. The van der Waals surface area contributed by atoms with Crippen molar-refractivity contribution in [3.63, 3.8) is 0 Å². The molecule has 0 aromatic heterocycles. The Hall–Kier alpha value is -0.810. The van der Waals surface area contributed by atoms with Gasteiger partial charge < -0.3 is 20.1 Å². The van der Waals surface area contributed by atoms with Crippen molar-refractivity contribution in [2.45, 2.75) is 52.2 Å². The molecule has 0 aliphatic carbocycles. The molecular weight excluding hydrogens is 244 g/mol. The van der Waals surface area contributed by atoms with Crippen molar-refractivity contribution in [1.29, 1.82) is 0 Å². The number of carbonyl (C=O) groups is 1. The maximum absolute atomic E-state index is 11.5. The molecule has 0 aromatic carbocycles. The average molecular weight is 272 g/mol. The van der Waals surface area contributed by atoms with E-state index in [1.165, 1.54) is 0 Å². The van der Waals surface area contributed by atoms with Gasteiger partial charge in [0.25, 0.3) is 0 Å². The van der Waals surface area contributed by atoms with Gasteiger partial charge in [-0.2, -0.15) is 0 Å². The van der Waals surface area contributed by atoms with Gasteiger partial charge in [0.05, 0.1) is 5.60 Å². The van der Waals surface area contributed by atoms with E-state index >= 15 is 0 Å². The van der Waals surface area contributed by atoms with Crippen LogP contribution >= 0.6 is 0 Å². The molecule has 5 nitrogen and oxygen atoms in total. The van der Waals surface area contributed by atoms with Gasteiger partial charge in [0.1, 0.15) is 5.60 Å². The molecule has 112 valence electrons. The van der Waals surface area contributed by atoms with Crippen LogP contribution in [0.5, 0.6) is 0 Å². The number of aliphatic hydroxyl groups is 1. The Labute approximate surface area is 116 Å². The molecule has 0 aromatic rings. The lowest BCUT2D eigenvalue weighted by Gasteiger charge is -2.25. The number of hydrogen-bond donors (Lipinski definition) is 2. The summed E-state index contributed by atoms with van der Waals surface area (Å²) in [5.74, 6) is 0.440. The van der Waals surface area contributed by atoms with E-state index in [-0.39, 0.29) is 6.09 Å². The molecule has 1 saturated heterocycles. The zero-order chi connectivity index (χ0) is 14.7. The zero-order valence-corrected chi connectivity index (χ0v) is 12.8. The predicted molar refractivity (Wildman–Crippen MR) is 75.1 cm³/mol. The molecule has 1 atom stereocenters. The van der Waals surface area contributed by atoms with Crippen molar-refractivity contribution in [2.24, 2.45) is 5.92 Å². The number of carbonyl (C=O) groups excluding carboxylic acids is 1. The van der Waals surface area contributed by atoms with Gasteiger partial charge in [-0.3, -0.25) is 0 Å². The third-order valence-electron chi connectivity index (χ3n) is 2.91. The van der Waals surface area contributed by atoms with Crippen molar-refractivity contribution in [3.05, 3.63) is 0 Å². The van der Waals surface area contributed by atoms with E-state index in [2.05, 4.69) is 10.2 Å². The minimum Gasteiger partial charge on any atom is -0.444 e. The Morgan fingerprint density at radius 3 is 2.53 bits per heavy atom. The molecule has 1 rings (SSSR count). The lowest BCUT2D eigenvalue weighted by molar-refractivity contribution is 0.0418. The van der Waals surface area contributed by atoms with Crippen LogP contribution in [-0.4, -0.2) is 53.5 Å². The molecular formula is C14H28N2O3. The lowest BCUT2D eigenvalue weighted by Crippen LogP contribution is -2.39. The molecule has 2 N–H and O–H groups in total. The standard InChI is InChI=1S/C14H28N2O3/c1-13(2,3)19-12(17)15-8-11-6-7-16(9-11)10-14(4,5)18/h11,18H,6-10H2,1-5H3,(H,15,17)/t11-/m0/s1. The van der Waals surface area contributed by atoms with Crippen molar-refractivity contribution in [2.75, 3.05) is 26.2 Å². The van der Waals surface area contributed by atoms with Crippen LogP contribution in [0.3, 0.4) is 0 Å². The Morgan fingerprint density at radius 1 is 1.37 bits per heavy atom. The van der Waals surface area contributed by atoms with Gasteiger partial charge in [-0.15, -0.1) is 0 Å². The van der Waals surface area contributed by atoms with Gasteiger partial charge in [-0.05, 0) is 53.5 Å². The van der Waals surface area contributed by atoms with Gasteiger partial charge in [-0.25, -0.2) is 4.79 Å². The van der Waals surface area contributed by atoms with Crippen molar-refractivity contribution >= 4 is 6.09 Å². The summed E-state index contributed by atoms with van der Waals surface area (Å²) in [5, 5.41) is 12.6. The summed E-state index contributed by atoms with van der Waals surface area (Å²) in [5.41, 5.74) is -1.11. The topological polar surface area (TPSA) is 61.8 Å². The summed E-state index contributed by atoms with van der Waals surface area (Å²) >= 11 is 0. The highest BCUT2D eigenvalue weighted by molar-refractivity contribution is 5.67. The zero-order valence-electron chi connectivity index (χ0n) is 12.8. The van der Waals surface area contributed by atoms with E-state index in [0.29, 0.717) is 19.0 Å². The highest BCUT2D eigenvalue weighted by Crippen LogP contribution is 2.18. The first-order valence-corrected chi connectivity index (χ1v) is 6.97. The molecule has 1 amide bonds. The van der Waals surface area contributed by atoms with Crippen LogP contribution in [0, 0.1) is 5.92 Å². The number of alkyl carbamates (subject to hydrolysis) is 1. The van der Waals surface area contributed by atoms with Crippen LogP contribution in [0.25, 0.3) is 0 Å². The van der Waals surface area contributed by atoms with E-state index in [1.807, 2.05) is 34.6 Å². The highest BCUT2D eigenvalue weighted by Gasteiger charge is 2.27. The minimum atomic E-state index is -0.659. The maximum Gasteiger partial charge on any atom is 0.407 e. The van der Waals surface area contributed by atoms with E-state index in [0.717, 1.165) is 19.5 Å². The third-order valence-corrected chi connectivity index (χ3v) is 2.91. The second-order valence-electron chi connectivity index (χ2n) is 7.09. The fourth-order valence-corrected chi connectivity index (χ4v) is 2.31. The largest absolute Gasteiger partial charge is 0.444 e. The fraction of sp³-hybridized carbons (Fsp3) is 0.929. The lowest BCUT2D eigenvalue weighted by atomic mass is 10.1. The van der Waals surface area contributed by atoms with Crippen LogP contribution in [0.4, 0.5) is 4.79 Å². The number of rotatable bonds is 4. The average Bonchev–Trinajstić information content (AvgIpc) is 2.57. The number of nitrogens with zero attached hydrogens (tertiary/aromatic N) is 1. The van der Waals surface area contributed by atoms with Gasteiger partial charge >= 0.3 is 6.09 Å². The van der Waals surface area contributed by atoms with Crippen molar-refractivity contribution in [1.82, 2.24) is 10.2 Å². The first-order chi connectivity index (χ1) is 8.55. The molecule has 0 radical (unpaired) electrons. The Balaban J connectivity index is 2.24. The number of nitrogens with one attached hydrogen (secondary N) is 1. The Kier molecular flexibility index (Phi) is 5.21. The summed E-state index contributed by atoms with van der Waals surface area (Å²) in [6, 6.07) is 0. The maximum atomic E-state index is 11.5. The third kappa shape index (κ3) is 7.38. The molecule has 19 heavy (non-hydrogen) atoms. The molecule has 0 bridgehead atoms. The van der Waals surface area contributed by atoms with Crippen LogP contribution < -0.4 is 5.32 Å². The van der Waals surface area contributed by atoms with Gasteiger partial charge in [0, 0.05) is 19.6 Å². The van der Waals surface area contributed by atoms with Crippen LogP contribution in [0.1, 0.15) is 41.0 Å². The number of hydrogen-bond acceptors (Lipinski definition) is 4. The van der Waals surface area contributed by atoms with E-state index in [1.54, 1.807) is 0 Å². The highest BCUT2D eigenvalue weighted by atomic mass is 16.6. The molecule has 5 heteroatoms. The number of likely N-dealkylation sites (tertiary alicyclic amines) is 1. The molecule has 1 heterocycles. The quantitative estimate of drug-likeness (QED) is 0.816. The van der Waals surface area contributed by atoms with Gasteiger partial charge in [-0.1, -0.05) is 0 Å². The van der Waals surface area contributed by atoms with Crippen LogP contribution in [-0.2, 0) is 4.74 Å². The second-order valence-corrected chi connectivity index (χ2v) is 7.09. The van der Waals surface area contributed by atoms with Crippen molar-refractivity contribution in [3.8, 4) is 0 Å². The molecule has 0 spiro atoms. The molecule has 1 fully saturated rings. The summed E-state index contributed by atoms with van der Waals surface area (Å²) in [6.45, 7) is 12.4. The SMILES string of the molecule is CC(C)(O)CN1CC[C@@H](CNC(=O)OC(C)(C)C)C1.